The number of likely N-dealkylation sites (tertiary alicyclic amines) is 1. The largest absolute Gasteiger partial charge is 0.496 e. The van der Waals surface area contributed by atoms with Gasteiger partial charge in [0, 0.05) is 30.6 Å². The quantitative estimate of drug-likeness (QED) is 0.701. The van der Waals surface area contributed by atoms with Crippen LogP contribution in [0.3, 0.4) is 0 Å². The summed E-state index contributed by atoms with van der Waals surface area (Å²) in [5.41, 5.74) is 2.43. The topological polar surface area (TPSA) is 49.9 Å². The minimum Gasteiger partial charge on any atom is -0.496 e. The summed E-state index contributed by atoms with van der Waals surface area (Å²) < 4.78 is 19.0. The minimum absolute atomic E-state index is 0.0925. The zero-order valence-corrected chi connectivity index (χ0v) is 18.5. The Bertz CT molecular complexity index is 1000. The zero-order valence-electron chi connectivity index (χ0n) is 17.7. The van der Waals surface area contributed by atoms with E-state index in [0.717, 1.165) is 17.5 Å². The predicted octanol–water partition coefficient (Wildman–Crippen LogP) is 4.49. The van der Waals surface area contributed by atoms with Gasteiger partial charge in [0.15, 0.2) is 0 Å². The number of rotatable bonds is 3. The van der Waals surface area contributed by atoms with Gasteiger partial charge in [-0.05, 0) is 67.6 Å². The third-order valence-electron chi connectivity index (χ3n) is 6.45. The van der Waals surface area contributed by atoms with Gasteiger partial charge in [-0.1, -0.05) is 17.7 Å². The van der Waals surface area contributed by atoms with Crippen LogP contribution in [-0.4, -0.2) is 48.4 Å². The molecule has 2 aromatic rings. The highest BCUT2D eigenvalue weighted by Gasteiger charge is 2.35. The molecule has 2 aromatic carbocycles. The fourth-order valence-electron chi connectivity index (χ4n) is 4.67. The Balaban J connectivity index is 1.42. The van der Waals surface area contributed by atoms with Gasteiger partial charge in [-0.25, -0.2) is 4.39 Å². The standard InChI is InChI=1S/C24H26ClFN2O3/c1-15-20-14-19(26)5-3-16(20)9-12-28(15)23(29)17-7-10-27(11-8-17)24(30)21-13-18(25)4-6-22(21)31-2/h3-6,13-15,17H,7-12H2,1-2H3. The van der Waals surface area contributed by atoms with Crippen molar-refractivity contribution in [2.75, 3.05) is 26.7 Å². The van der Waals surface area contributed by atoms with Crippen LogP contribution < -0.4 is 4.74 Å². The zero-order chi connectivity index (χ0) is 22.1. The lowest BCUT2D eigenvalue weighted by Gasteiger charge is -2.39. The highest BCUT2D eigenvalue weighted by Crippen LogP contribution is 2.33. The number of piperidine rings is 1. The maximum atomic E-state index is 13.7. The second-order valence-corrected chi connectivity index (χ2v) is 8.65. The highest BCUT2D eigenvalue weighted by atomic mass is 35.5. The summed E-state index contributed by atoms with van der Waals surface area (Å²) >= 11 is 6.07. The van der Waals surface area contributed by atoms with Crippen molar-refractivity contribution in [2.45, 2.75) is 32.2 Å². The second-order valence-electron chi connectivity index (χ2n) is 8.21. The van der Waals surface area contributed by atoms with Gasteiger partial charge in [0.25, 0.3) is 5.91 Å². The Hall–Kier alpha value is -2.60. The van der Waals surface area contributed by atoms with E-state index in [4.69, 9.17) is 16.3 Å². The Morgan fingerprint density at radius 2 is 1.84 bits per heavy atom. The van der Waals surface area contributed by atoms with Crippen molar-refractivity contribution in [1.82, 2.24) is 9.80 Å². The summed E-state index contributed by atoms with van der Waals surface area (Å²) in [6, 6.07) is 9.67. The molecule has 2 aliphatic heterocycles. The van der Waals surface area contributed by atoms with Crippen LogP contribution in [0.2, 0.25) is 5.02 Å². The SMILES string of the molecule is COc1ccc(Cl)cc1C(=O)N1CCC(C(=O)N2CCc3ccc(F)cc3C2C)CC1. The Labute approximate surface area is 186 Å². The average molecular weight is 445 g/mol. The van der Waals surface area contributed by atoms with Crippen molar-refractivity contribution in [3.05, 3.63) is 63.9 Å². The molecule has 0 N–H and O–H groups in total. The van der Waals surface area contributed by atoms with Gasteiger partial charge in [0.2, 0.25) is 5.91 Å². The van der Waals surface area contributed by atoms with E-state index >= 15 is 0 Å². The number of ether oxygens (including phenoxy) is 1. The molecule has 2 aliphatic rings. The summed E-state index contributed by atoms with van der Waals surface area (Å²) in [4.78, 5) is 29.8. The lowest BCUT2D eigenvalue weighted by atomic mass is 9.89. The summed E-state index contributed by atoms with van der Waals surface area (Å²) in [6.07, 6.45) is 1.94. The summed E-state index contributed by atoms with van der Waals surface area (Å²) in [7, 11) is 1.52. The van der Waals surface area contributed by atoms with Crippen LogP contribution in [0.5, 0.6) is 5.75 Å². The van der Waals surface area contributed by atoms with Crippen molar-refractivity contribution < 1.29 is 18.7 Å². The fraction of sp³-hybridized carbons (Fsp3) is 0.417. The molecule has 5 nitrogen and oxygen atoms in total. The van der Waals surface area contributed by atoms with Gasteiger partial charge in [-0.2, -0.15) is 0 Å². The van der Waals surface area contributed by atoms with Gasteiger partial charge in [0.1, 0.15) is 11.6 Å². The van der Waals surface area contributed by atoms with E-state index in [0.29, 0.717) is 48.8 Å². The maximum Gasteiger partial charge on any atom is 0.257 e. The molecule has 31 heavy (non-hydrogen) atoms. The molecule has 0 spiro atoms. The second kappa shape index (κ2) is 8.87. The first-order chi connectivity index (χ1) is 14.9. The van der Waals surface area contributed by atoms with E-state index in [2.05, 4.69) is 0 Å². The molecule has 1 unspecified atom stereocenters. The van der Waals surface area contributed by atoms with Crippen LogP contribution in [0.15, 0.2) is 36.4 Å². The van der Waals surface area contributed by atoms with Crippen molar-refractivity contribution >= 4 is 23.4 Å². The lowest BCUT2D eigenvalue weighted by molar-refractivity contribution is -0.139. The highest BCUT2D eigenvalue weighted by molar-refractivity contribution is 6.31. The van der Waals surface area contributed by atoms with Gasteiger partial charge < -0.3 is 14.5 Å². The fourth-order valence-corrected chi connectivity index (χ4v) is 4.84. The number of carbonyl (C=O) groups excluding carboxylic acids is 2. The molecule has 1 saturated heterocycles. The van der Waals surface area contributed by atoms with Crippen molar-refractivity contribution in [2.24, 2.45) is 5.92 Å². The average Bonchev–Trinajstić information content (AvgIpc) is 2.79. The van der Waals surface area contributed by atoms with E-state index in [1.54, 1.807) is 29.2 Å². The third-order valence-corrected chi connectivity index (χ3v) is 6.69. The van der Waals surface area contributed by atoms with Crippen LogP contribution in [-0.2, 0) is 11.2 Å². The minimum atomic E-state index is -0.275. The summed E-state index contributed by atoms with van der Waals surface area (Å²) in [5, 5.41) is 0.477. The van der Waals surface area contributed by atoms with Gasteiger partial charge >= 0.3 is 0 Å². The van der Waals surface area contributed by atoms with Gasteiger partial charge in [0.05, 0.1) is 18.7 Å². The molecule has 1 atom stereocenters. The number of benzene rings is 2. The number of halogens is 2. The molecule has 0 radical (unpaired) electrons. The molecule has 0 saturated carbocycles. The smallest absolute Gasteiger partial charge is 0.257 e. The Morgan fingerprint density at radius 1 is 1.10 bits per heavy atom. The molecular weight excluding hydrogens is 419 g/mol. The van der Waals surface area contributed by atoms with Crippen LogP contribution in [0.4, 0.5) is 4.39 Å². The molecule has 7 heteroatoms. The first-order valence-corrected chi connectivity index (χ1v) is 11.0. The van der Waals surface area contributed by atoms with Crippen LogP contribution in [0, 0.1) is 11.7 Å². The van der Waals surface area contributed by atoms with E-state index in [9.17, 15) is 14.0 Å². The molecule has 0 bridgehead atoms. The van der Waals surface area contributed by atoms with Crippen molar-refractivity contribution in [1.29, 1.82) is 0 Å². The summed E-state index contributed by atoms with van der Waals surface area (Å²) in [6.45, 7) is 3.59. The van der Waals surface area contributed by atoms with Gasteiger partial charge in [-0.15, -0.1) is 0 Å². The van der Waals surface area contributed by atoms with Crippen molar-refractivity contribution in [3.63, 3.8) is 0 Å². The van der Waals surface area contributed by atoms with Crippen molar-refractivity contribution in [3.8, 4) is 5.75 Å². The van der Waals surface area contributed by atoms with E-state index in [1.165, 1.54) is 13.2 Å². The number of amides is 2. The molecule has 1 fully saturated rings. The first-order valence-electron chi connectivity index (χ1n) is 10.6. The first kappa shape index (κ1) is 21.6. The van der Waals surface area contributed by atoms with Crippen LogP contribution in [0.25, 0.3) is 0 Å². The van der Waals surface area contributed by atoms with E-state index < -0.39 is 0 Å². The number of fused-ring (bicyclic) bond motifs is 1. The van der Waals surface area contributed by atoms with Crippen LogP contribution >= 0.6 is 11.6 Å². The van der Waals surface area contributed by atoms with Gasteiger partial charge in [-0.3, -0.25) is 9.59 Å². The number of methoxy groups -OCH3 is 1. The maximum absolute atomic E-state index is 13.7. The van der Waals surface area contributed by atoms with E-state index in [-0.39, 0.29) is 29.6 Å². The monoisotopic (exact) mass is 444 g/mol. The number of hydrogen-bond donors (Lipinski definition) is 0. The lowest BCUT2D eigenvalue weighted by Crippen LogP contribution is -2.46. The third kappa shape index (κ3) is 4.26. The Morgan fingerprint density at radius 3 is 2.55 bits per heavy atom. The molecule has 4 rings (SSSR count). The molecule has 0 aliphatic carbocycles. The normalized spacial score (nSPS) is 19.2. The predicted molar refractivity (Wildman–Crippen MR) is 117 cm³/mol. The molecule has 2 heterocycles. The molecular formula is C24H26ClFN2O3. The van der Waals surface area contributed by atoms with Crippen LogP contribution in [0.1, 0.15) is 47.3 Å². The molecule has 2 amide bonds. The number of hydrogen-bond acceptors (Lipinski definition) is 3. The number of carbonyl (C=O) groups is 2. The number of nitrogens with zero attached hydrogens (tertiary/aromatic N) is 2. The van der Waals surface area contributed by atoms with E-state index in [1.807, 2.05) is 17.9 Å². The molecule has 0 aromatic heterocycles. The summed E-state index contributed by atoms with van der Waals surface area (Å²) in [5.74, 6) is 0.0301. The molecule has 164 valence electrons. The Kier molecular flexibility index (Phi) is 6.19.